The lowest BCUT2D eigenvalue weighted by molar-refractivity contribution is 0.794. The molecule has 8 aromatic carbocycles. The van der Waals surface area contributed by atoms with Gasteiger partial charge < -0.3 is 0 Å². The largest absolute Gasteiger partial charge is 0.208 e. The van der Waals surface area contributed by atoms with E-state index in [1.807, 2.05) is 29.5 Å². The van der Waals surface area contributed by atoms with E-state index in [1.54, 1.807) is 0 Å². The quantitative estimate of drug-likeness (QED) is 0.181. The summed E-state index contributed by atoms with van der Waals surface area (Å²) in [5.74, 6) is 1.97. The standard InChI is InChI=1S/C52H31N3S/c1-2-12-33(13-3-1)49-53-50(55-51(54-49)36-27-29-48-42(30-36)41-17-7-11-21-47(41)56-48)34-24-22-32(23-25-34)35-26-28-40-39-16-6-10-20-45(39)52(46(40)31-35)43-18-8-4-14-37(43)38-15-5-9-19-44(38)52/h1-31H. The van der Waals surface area contributed by atoms with Crippen molar-refractivity contribution in [3.8, 4) is 67.5 Å². The number of aromatic nitrogens is 3. The summed E-state index contributed by atoms with van der Waals surface area (Å²) in [6, 6.07) is 68.0. The Morgan fingerprint density at radius 1 is 0.304 bits per heavy atom. The van der Waals surface area contributed by atoms with E-state index in [2.05, 4.69) is 170 Å². The predicted octanol–water partition coefficient (Wildman–Crippen LogP) is 13.3. The number of hydrogen-bond donors (Lipinski definition) is 0. The van der Waals surface area contributed by atoms with Gasteiger partial charge in [-0.3, -0.25) is 0 Å². The Bertz CT molecular complexity index is 3130. The predicted molar refractivity (Wildman–Crippen MR) is 231 cm³/mol. The minimum Gasteiger partial charge on any atom is -0.208 e. The average Bonchev–Trinajstić information content (AvgIpc) is 3.90. The third kappa shape index (κ3) is 4.48. The first-order valence-electron chi connectivity index (χ1n) is 19.0. The van der Waals surface area contributed by atoms with Gasteiger partial charge in [0.1, 0.15) is 0 Å². The number of nitrogens with zero attached hydrogens (tertiary/aromatic N) is 3. The van der Waals surface area contributed by atoms with Crippen molar-refractivity contribution in [3.63, 3.8) is 0 Å². The zero-order valence-electron chi connectivity index (χ0n) is 30.1. The topological polar surface area (TPSA) is 38.7 Å². The smallest absolute Gasteiger partial charge is 0.164 e. The molecule has 2 aliphatic carbocycles. The van der Waals surface area contributed by atoms with Crippen LogP contribution in [0.4, 0.5) is 0 Å². The highest BCUT2D eigenvalue weighted by Gasteiger charge is 2.51. The number of thiophene rings is 1. The molecule has 4 heteroatoms. The number of rotatable bonds is 4. The number of hydrogen-bond acceptors (Lipinski definition) is 4. The second-order valence-corrected chi connectivity index (χ2v) is 15.8. The van der Waals surface area contributed by atoms with Crippen LogP contribution >= 0.6 is 11.3 Å². The summed E-state index contributed by atoms with van der Waals surface area (Å²) in [5.41, 5.74) is 15.5. The molecule has 0 unspecified atom stereocenters. The second kappa shape index (κ2) is 12.0. The molecule has 260 valence electrons. The first kappa shape index (κ1) is 31.4. The van der Waals surface area contributed by atoms with E-state index in [0.717, 1.165) is 22.3 Å². The highest BCUT2D eigenvalue weighted by Crippen LogP contribution is 2.63. The molecule has 10 aromatic rings. The molecule has 0 N–H and O–H groups in total. The summed E-state index contributed by atoms with van der Waals surface area (Å²) < 4.78 is 2.54. The van der Waals surface area contributed by atoms with E-state index in [0.29, 0.717) is 17.5 Å². The van der Waals surface area contributed by atoms with E-state index in [4.69, 9.17) is 15.0 Å². The van der Waals surface area contributed by atoms with Gasteiger partial charge >= 0.3 is 0 Å². The third-order valence-corrected chi connectivity index (χ3v) is 12.9. The minimum atomic E-state index is -0.373. The molecule has 0 aliphatic heterocycles. The molecular weight excluding hydrogens is 699 g/mol. The Kier molecular flexibility index (Phi) is 6.72. The fourth-order valence-corrected chi connectivity index (χ4v) is 10.4. The van der Waals surface area contributed by atoms with E-state index in [1.165, 1.54) is 70.2 Å². The van der Waals surface area contributed by atoms with Crippen LogP contribution in [0, 0.1) is 0 Å². The summed E-state index contributed by atoms with van der Waals surface area (Å²) in [4.78, 5) is 15.2. The van der Waals surface area contributed by atoms with Crippen molar-refractivity contribution in [2.75, 3.05) is 0 Å². The Labute approximate surface area is 328 Å². The SMILES string of the molecule is c1ccc(-c2nc(-c3ccc(-c4ccc5c(c4)C4(c6ccccc6-c6ccccc64)c4ccccc4-5)cc3)nc(-c3ccc4sc5ccccc5c4c3)n2)cc1. The second-order valence-electron chi connectivity index (χ2n) is 14.7. The van der Waals surface area contributed by atoms with Gasteiger partial charge in [-0.25, -0.2) is 15.0 Å². The normalized spacial score (nSPS) is 13.1. The van der Waals surface area contributed by atoms with Gasteiger partial charge in [-0.15, -0.1) is 11.3 Å². The first-order chi connectivity index (χ1) is 27.7. The number of fused-ring (bicyclic) bond motifs is 13. The van der Waals surface area contributed by atoms with Crippen molar-refractivity contribution in [3.05, 3.63) is 210 Å². The summed E-state index contributed by atoms with van der Waals surface area (Å²) in [6.07, 6.45) is 0. The molecule has 2 aliphatic rings. The highest BCUT2D eigenvalue weighted by molar-refractivity contribution is 7.25. The highest BCUT2D eigenvalue weighted by atomic mass is 32.1. The van der Waals surface area contributed by atoms with Crippen LogP contribution in [0.5, 0.6) is 0 Å². The first-order valence-corrected chi connectivity index (χ1v) is 19.8. The molecular formula is C52H31N3S. The molecule has 2 aromatic heterocycles. The summed E-state index contributed by atoms with van der Waals surface area (Å²) in [6.45, 7) is 0. The molecule has 0 radical (unpaired) electrons. The Morgan fingerprint density at radius 2 is 0.768 bits per heavy atom. The van der Waals surface area contributed by atoms with Crippen LogP contribution in [0.1, 0.15) is 22.3 Å². The lowest BCUT2D eigenvalue weighted by Crippen LogP contribution is -2.25. The number of benzene rings is 8. The Balaban J connectivity index is 0.980. The van der Waals surface area contributed by atoms with Crippen LogP contribution in [-0.2, 0) is 5.41 Å². The van der Waals surface area contributed by atoms with Crippen LogP contribution in [0.15, 0.2) is 188 Å². The molecule has 0 atom stereocenters. The molecule has 0 fully saturated rings. The van der Waals surface area contributed by atoms with Gasteiger partial charge in [-0.05, 0) is 86.0 Å². The summed E-state index contributed by atoms with van der Waals surface area (Å²) >= 11 is 1.81. The summed E-state index contributed by atoms with van der Waals surface area (Å²) in [7, 11) is 0. The van der Waals surface area contributed by atoms with Crippen LogP contribution < -0.4 is 0 Å². The molecule has 0 saturated carbocycles. The zero-order valence-corrected chi connectivity index (χ0v) is 31.0. The van der Waals surface area contributed by atoms with Gasteiger partial charge in [0.05, 0.1) is 5.41 Å². The molecule has 3 nitrogen and oxygen atoms in total. The third-order valence-electron chi connectivity index (χ3n) is 11.8. The van der Waals surface area contributed by atoms with Crippen molar-refractivity contribution < 1.29 is 0 Å². The zero-order chi connectivity index (χ0) is 36.8. The lowest BCUT2D eigenvalue weighted by Gasteiger charge is -2.30. The fraction of sp³-hybridized carbons (Fsp3) is 0.0192. The van der Waals surface area contributed by atoms with Crippen molar-refractivity contribution in [2.24, 2.45) is 0 Å². The lowest BCUT2D eigenvalue weighted by atomic mass is 9.70. The fourth-order valence-electron chi connectivity index (χ4n) is 9.30. The maximum atomic E-state index is 5.12. The molecule has 56 heavy (non-hydrogen) atoms. The van der Waals surface area contributed by atoms with Crippen LogP contribution in [0.25, 0.3) is 87.7 Å². The van der Waals surface area contributed by atoms with Gasteiger partial charge in [0, 0.05) is 36.9 Å². The van der Waals surface area contributed by atoms with Gasteiger partial charge in [0.25, 0.3) is 0 Å². The Morgan fingerprint density at radius 3 is 1.43 bits per heavy atom. The van der Waals surface area contributed by atoms with Crippen LogP contribution in [0.3, 0.4) is 0 Å². The van der Waals surface area contributed by atoms with Crippen molar-refractivity contribution in [1.82, 2.24) is 15.0 Å². The van der Waals surface area contributed by atoms with E-state index < -0.39 is 0 Å². The maximum absolute atomic E-state index is 5.12. The maximum Gasteiger partial charge on any atom is 0.164 e. The summed E-state index contributed by atoms with van der Waals surface area (Å²) in [5, 5.41) is 2.48. The minimum absolute atomic E-state index is 0.373. The molecule has 0 bridgehead atoms. The molecule has 0 saturated heterocycles. The average molecular weight is 730 g/mol. The van der Waals surface area contributed by atoms with Crippen molar-refractivity contribution >= 4 is 31.5 Å². The van der Waals surface area contributed by atoms with Gasteiger partial charge in [-0.2, -0.15) is 0 Å². The molecule has 1 spiro atoms. The molecule has 2 heterocycles. The monoisotopic (exact) mass is 729 g/mol. The van der Waals surface area contributed by atoms with Crippen molar-refractivity contribution in [1.29, 1.82) is 0 Å². The molecule has 12 rings (SSSR count). The van der Waals surface area contributed by atoms with Crippen LogP contribution in [0.2, 0.25) is 0 Å². The van der Waals surface area contributed by atoms with E-state index in [9.17, 15) is 0 Å². The van der Waals surface area contributed by atoms with E-state index >= 15 is 0 Å². The van der Waals surface area contributed by atoms with Gasteiger partial charge in [-0.1, -0.05) is 158 Å². The van der Waals surface area contributed by atoms with Gasteiger partial charge in [0.2, 0.25) is 0 Å². The van der Waals surface area contributed by atoms with Crippen molar-refractivity contribution in [2.45, 2.75) is 5.41 Å². The Hall–Kier alpha value is -7.01. The van der Waals surface area contributed by atoms with Crippen LogP contribution in [-0.4, -0.2) is 15.0 Å². The van der Waals surface area contributed by atoms with Gasteiger partial charge in [0.15, 0.2) is 17.5 Å². The van der Waals surface area contributed by atoms with E-state index in [-0.39, 0.29) is 5.41 Å². The molecule has 0 amide bonds.